The molecule has 0 aliphatic heterocycles. The summed E-state index contributed by atoms with van der Waals surface area (Å²) in [6.07, 6.45) is 0. The second-order valence-corrected chi connectivity index (χ2v) is 0.289. The van der Waals surface area contributed by atoms with Crippen molar-refractivity contribution in [3.63, 3.8) is 0 Å². The largest absolute Gasteiger partial charge is 1.00 e. The molecular weight excluding hydrogens is 194 g/mol. The van der Waals surface area contributed by atoms with Gasteiger partial charge in [0.1, 0.15) is 0 Å². The van der Waals surface area contributed by atoms with Crippen molar-refractivity contribution < 1.29 is 83.0 Å². The fourth-order valence-electron chi connectivity index (χ4n) is 0. The number of hydrogen-bond donors (Lipinski definition) is 0. The molecule has 0 radical (unpaired) electrons. The van der Waals surface area contributed by atoms with E-state index in [1.807, 2.05) is 0 Å². The van der Waals surface area contributed by atoms with E-state index in [2.05, 4.69) is 0 Å². The average molecular weight is 208 g/mol. The van der Waals surface area contributed by atoms with Gasteiger partial charge in [-0.15, -0.1) is 0 Å². The van der Waals surface area contributed by atoms with Gasteiger partial charge in [0, 0.05) is 0 Å². The fraction of sp³-hybridized carbons (Fsp3) is 0. The van der Waals surface area contributed by atoms with E-state index in [0.29, 0.717) is 0 Å². The molecule has 0 rings (SSSR count). The quantitative estimate of drug-likeness (QED) is 0.350. The van der Waals surface area contributed by atoms with Crippen LogP contribution in [0.1, 0.15) is 0 Å². The van der Waals surface area contributed by atoms with Gasteiger partial charge in [-0.2, -0.15) is 0 Å². The first-order chi connectivity index (χ1) is 1.73. The molecule has 12 heavy (non-hydrogen) atoms. The first-order valence-electron chi connectivity index (χ1n) is 0.707. The van der Waals surface area contributed by atoms with Gasteiger partial charge in [0.15, 0.2) is 0 Å². The third kappa shape index (κ3) is 2250. The Morgan fingerprint density at radius 2 is 0.500 bits per heavy atom. The van der Waals surface area contributed by atoms with Crippen LogP contribution >= 0.6 is 0 Å². The van der Waals surface area contributed by atoms with Crippen LogP contribution in [0.25, 0.3) is 0 Å². The van der Waals surface area contributed by atoms with E-state index in [0.717, 1.165) is 0 Å². The summed E-state index contributed by atoms with van der Waals surface area (Å²) in [6.45, 7) is 0. The van der Waals surface area contributed by atoms with Gasteiger partial charge in [-0.3, -0.25) is 7.32 Å². The van der Waals surface area contributed by atoms with Gasteiger partial charge in [0.25, 0.3) is 0 Å². The number of rotatable bonds is 0. The van der Waals surface area contributed by atoms with E-state index in [1.165, 1.54) is 0 Å². The molecule has 0 spiro atoms. The molecule has 0 aromatic rings. The molecule has 0 bridgehead atoms. The van der Waals surface area contributed by atoms with Crippen LogP contribution < -0.4 is 44.6 Å². The van der Waals surface area contributed by atoms with Gasteiger partial charge in [0.05, 0.1) is 0 Å². The van der Waals surface area contributed by atoms with Crippen LogP contribution in [0.4, 0.5) is 0 Å². The predicted molar refractivity (Wildman–Crippen MR) is 31.1 cm³/mol. The van der Waals surface area contributed by atoms with E-state index in [1.54, 1.807) is 0 Å². The zero-order chi connectivity index (χ0) is 3.58. The molecule has 10 nitrogen and oxygen atoms in total. The minimum atomic E-state index is -2.92. The molecule has 12 heteroatoms. The molecule has 0 aromatic heterocycles. The molecule has 0 atom stereocenters. The zero-order valence-corrected chi connectivity index (χ0v) is 8.30. The van der Waals surface area contributed by atoms with Crippen molar-refractivity contribution in [2.24, 2.45) is 0 Å². The first-order valence-corrected chi connectivity index (χ1v) is 0.707. The van der Waals surface area contributed by atoms with E-state index >= 15 is 0 Å². The van der Waals surface area contributed by atoms with Gasteiger partial charge >= 0.3 is 29.6 Å². The second-order valence-electron chi connectivity index (χ2n) is 0.289. The van der Waals surface area contributed by atoms with Gasteiger partial charge in [-0.25, -0.2) is 0 Å². The van der Waals surface area contributed by atoms with Crippen molar-refractivity contribution in [2.45, 2.75) is 0 Å². The fourth-order valence-corrected chi connectivity index (χ4v) is 0. The second kappa shape index (κ2) is 98.8. The summed E-state index contributed by atoms with van der Waals surface area (Å²) < 4.78 is 0. The summed E-state index contributed by atoms with van der Waals surface area (Å²) in [5.41, 5.74) is 0. The Bertz CT molecular complexity index is 14.6. The molecule has 0 fully saturated rings. The number of hydrogen-bond acceptors (Lipinski definition) is 3. The van der Waals surface area contributed by atoms with Crippen molar-refractivity contribution >= 4 is 7.32 Å². The van der Waals surface area contributed by atoms with Crippen molar-refractivity contribution in [2.75, 3.05) is 0 Å². The molecule has 80 valence electrons. The first kappa shape index (κ1) is 128. The minimum absolute atomic E-state index is 0. The molecule has 0 aromatic carbocycles. The summed E-state index contributed by atoms with van der Waals surface area (Å²) >= 11 is 0. The predicted octanol–water partition coefficient (Wildman–Crippen LogP) is -12.7. The summed E-state index contributed by atoms with van der Waals surface area (Å²) in [5.74, 6) is 0. The Labute approximate surface area is 90.5 Å². The van der Waals surface area contributed by atoms with E-state index < -0.39 is 7.32 Å². The Balaban J connectivity index is -0.00000000161. The molecular formula is H14BNaO10-2. The van der Waals surface area contributed by atoms with Crippen molar-refractivity contribution in [1.82, 2.24) is 0 Å². The van der Waals surface area contributed by atoms with Crippen molar-refractivity contribution in [3.05, 3.63) is 0 Å². The van der Waals surface area contributed by atoms with Crippen LogP contribution in [0.3, 0.4) is 0 Å². The maximum absolute atomic E-state index is 8.42. The Morgan fingerprint density at radius 3 is 0.500 bits per heavy atom. The third-order valence-electron chi connectivity index (χ3n) is 0. The van der Waals surface area contributed by atoms with Crippen LogP contribution in [-0.2, 0) is 0 Å². The summed E-state index contributed by atoms with van der Waals surface area (Å²) in [6, 6.07) is 0. The van der Waals surface area contributed by atoms with E-state index in [4.69, 9.17) is 15.1 Å². The smallest absolute Gasteiger partial charge is 0.907 e. The molecule has 0 aliphatic carbocycles. The Kier molecular flexibility index (Phi) is 1060. The van der Waals surface area contributed by atoms with Gasteiger partial charge in [-0.1, -0.05) is 0 Å². The van der Waals surface area contributed by atoms with Crippen LogP contribution in [0, 0.1) is 0 Å². The standard InChI is InChI=1S/BO3.Na.7H2O/c2-1(3)4;;;;;;;;/h;;7*1H2/q-3;+1;;;;;;;. The third-order valence-corrected chi connectivity index (χ3v) is 0. The molecule has 0 saturated heterocycles. The molecule has 0 unspecified atom stereocenters. The zero-order valence-electron chi connectivity index (χ0n) is 6.30. The van der Waals surface area contributed by atoms with Gasteiger partial charge in [0.2, 0.25) is 0 Å². The van der Waals surface area contributed by atoms with Crippen LogP contribution in [0.5, 0.6) is 0 Å². The minimum Gasteiger partial charge on any atom is -0.907 e. The normalized spacial score (nSPS) is 2.25. The summed E-state index contributed by atoms with van der Waals surface area (Å²) in [5, 5.41) is 25.2. The maximum atomic E-state index is 8.42. The average Bonchev–Trinajstić information content (AvgIpc) is 0.811. The van der Waals surface area contributed by atoms with Crippen molar-refractivity contribution in [3.8, 4) is 0 Å². The SMILES string of the molecule is O.O.O.O.O.O.O.[Na+].[O-]B([O-])[O-]. The molecule has 0 heterocycles. The van der Waals surface area contributed by atoms with Crippen LogP contribution in [-0.4, -0.2) is 45.7 Å². The topological polar surface area (TPSA) is 290 Å². The van der Waals surface area contributed by atoms with Crippen LogP contribution in [0.2, 0.25) is 0 Å². The molecule has 14 N–H and O–H groups in total. The van der Waals surface area contributed by atoms with Crippen LogP contribution in [0.15, 0.2) is 0 Å². The molecule has 0 saturated carbocycles. The maximum Gasteiger partial charge on any atom is 1.00 e. The molecule has 0 aliphatic rings. The van der Waals surface area contributed by atoms with E-state index in [9.17, 15) is 0 Å². The summed E-state index contributed by atoms with van der Waals surface area (Å²) in [4.78, 5) is 0. The van der Waals surface area contributed by atoms with Gasteiger partial charge < -0.3 is 53.4 Å². The molecule has 0 amide bonds. The van der Waals surface area contributed by atoms with Gasteiger partial charge in [-0.05, 0) is 0 Å². The summed E-state index contributed by atoms with van der Waals surface area (Å²) in [7, 11) is -2.92. The van der Waals surface area contributed by atoms with Crippen molar-refractivity contribution in [1.29, 1.82) is 0 Å². The Hall–Kier alpha value is 0.665. The Morgan fingerprint density at radius 1 is 0.500 bits per heavy atom. The monoisotopic (exact) mass is 208 g/mol. The van der Waals surface area contributed by atoms with E-state index in [-0.39, 0.29) is 67.9 Å².